The molecule has 1 aliphatic rings. The molecule has 0 bridgehead atoms. The Kier molecular flexibility index (Phi) is 52.2. The van der Waals surface area contributed by atoms with Crippen LogP contribution in [-0.2, 0) is 23.8 Å². The summed E-state index contributed by atoms with van der Waals surface area (Å²) in [5.74, 6) is -1.23. The van der Waals surface area contributed by atoms with Crippen molar-refractivity contribution in [2.24, 2.45) is 0 Å². The van der Waals surface area contributed by atoms with Gasteiger partial charge in [-0.3, -0.25) is 9.59 Å². The number of allylic oxidation sites excluding steroid dienone is 11. The van der Waals surface area contributed by atoms with Gasteiger partial charge in [0.15, 0.2) is 12.4 Å². The minimum atomic E-state index is -1.62. The van der Waals surface area contributed by atoms with E-state index < -0.39 is 67.4 Å². The summed E-state index contributed by atoms with van der Waals surface area (Å²) in [6.45, 7) is 5.62. The van der Waals surface area contributed by atoms with E-state index in [4.69, 9.17) is 14.2 Å². The lowest BCUT2D eigenvalue weighted by molar-refractivity contribution is -0.305. The molecule has 0 radical (unpaired) electrons. The Hall–Kier alpha value is -2.90. The van der Waals surface area contributed by atoms with Crippen molar-refractivity contribution in [3.05, 3.63) is 72.9 Å². The normalized spacial score (nSPS) is 19.3. The van der Waals surface area contributed by atoms with Crippen LogP contribution in [0, 0.1) is 0 Å². The number of aliphatic hydroxyl groups is 5. The van der Waals surface area contributed by atoms with Crippen molar-refractivity contribution >= 4 is 11.9 Å². The van der Waals surface area contributed by atoms with Gasteiger partial charge in [0.2, 0.25) is 5.91 Å². The lowest BCUT2D eigenvalue weighted by Gasteiger charge is -2.41. The molecule has 0 spiro atoms. The molecule has 8 atom stereocenters. The number of unbranched alkanes of at least 4 members (excludes halogenated alkanes) is 34. The second-order valence-corrected chi connectivity index (χ2v) is 22.6. The van der Waals surface area contributed by atoms with Crippen molar-refractivity contribution in [2.75, 3.05) is 13.2 Å². The van der Waals surface area contributed by atoms with Crippen LogP contribution in [0.15, 0.2) is 72.9 Å². The summed E-state index contributed by atoms with van der Waals surface area (Å²) in [5.41, 5.74) is 0. The van der Waals surface area contributed by atoms with Gasteiger partial charge >= 0.3 is 5.97 Å². The molecule has 0 aromatic heterocycles. The fourth-order valence-electron chi connectivity index (χ4n) is 10.0. The average molecular weight is 1110 g/mol. The third kappa shape index (κ3) is 43.5. The van der Waals surface area contributed by atoms with Crippen molar-refractivity contribution in [2.45, 2.75) is 333 Å². The molecule has 1 amide bonds. The Morgan fingerprint density at radius 1 is 0.506 bits per heavy atom. The maximum atomic E-state index is 13.4. The number of carbonyl (C=O) groups is 2. The van der Waals surface area contributed by atoms with Gasteiger partial charge in [-0.05, 0) is 70.6 Å². The van der Waals surface area contributed by atoms with E-state index in [1.807, 2.05) is 48.6 Å². The molecule has 79 heavy (non-hydrogen) atoms. The molecule has 1 aliphatic heterocycles. The van der Waals surface area contributed by atoms with Gasteiger partial charge in [-0.2, -0.15) is 0 Å². The number of hydrogen-bond donors (Lipinski definition) is 6. The second kappa shape index (κ2) is 55.6. The van der Waals surface area contributed by atoms with Gasteiger partial charge in [0.05, 0.1) is 25.4 Å². The molecule has 1 heterocycles. The number of hydrogen-bond acceptors (Lipinski definition) is 10. The quantitative estimate of drug-likeness (QED) is 0.0149. The first-order valence-corrected chi connectivity index (χ1v) is 32.8. The number of ether oxygens (including phenoxy) is 3. The first-order chi connectivity index (χ1) is 38.7. The monoisotopic (exact) mass is 1110 g/mol. The minimum absolute atomic E-state index is 0.119. The van der Waals surface area contributed by atoms with Gasteiger partial charge in [-0.15, -0.1) is 0 Å². The maximum Gasteiger partial charge on any atom is 0.306 e. The van der Waals surface area contributed by atoms with Crippen LogP contribution in [0.2, 0.25) is 0 Å². The SMILES string of the molecule is CC/C=C/C=C/C=C\C=C/CCCCC(O)C(=O)NC(COC1OC(CO)C(O)C(O)C1OC(=O)CCCCCCCCCCCCCCCCCCC/C=C/CCCCCCCC)C(O)/C=C/CCCCCCCCCCC. The third-order valence-corrected chi connectivity index (χ3v) is 15.2. The molecule has 458 valence electrons. The van der Waals surface area contributed by atoms with Gasteiger partial charge in [-0.25, -0.2) is 0 Å². The zero-order valence-corrected chi connectivity index (χ0v) is 50.7. The minimum Gasteiger partial charge on any atom is -0.454 e. The number of rotatable bonds is 55. The van der Waals surface area contributed by atoms with Gasteiger partial charge in [-0.1, -0.05) is 280 Å². The van der Waals surface area contributed by atoms with Gasteiger partial charge in [0.1, 0.15) is 24.4 Å². The smallest absolute Gasteiger partial charge is 0.306 e. The zero-order valence-electron chi connectivity index (χ0n) is 50.7. The highest BCUT2D eigenvalue weighted by Crippen LogP contribution is 2.26. The lowest BCUT2D eigenvalue weighted by atomic mass is 9.99. The molecule has 0 aromatic rings. The van der Waals surface area contributed by atoms with Crippen LogP contribution in [0.3, 0.4) is 0 Å². The van der Waals surface area contributed by atoms with Gasteiger partial charge < -0.3 is 45.1 Å². The maximum absolute atomic E-state index is 13.4. The summed E-state index contributed by atoms with van der Waals surface area (Å²) in [5, 5.41) is 56.9. The Morgan fingerprint density at radius 3 is 1.41 bits per heavy atom. The molecular weight excluding hydrogens is 991 g/mol. The van der Waals surface area contributed by atoms with E-state index in [9.17, 15) is 35.1 Å². The number of carbonyl (C=O) groups excluding carboxylic acids is 2. The van der Waals surface area contributed by atoms with Crippen molar-refractivity contribution in [1.82, 2.24) is 5.32 Å². The first-order valence-electron chi connectivity index (χ1n) is 32.8. The zero-order chi connectivity index (χ0) is 57.5. The van der Waals surface area contributed by atoms with E-state index >= 15 is 0 Å². The van der Waals surface area contributed by atoms with Crippen LogP contribution in [0.5, 0.6) is 0 Å². The summed E-state index contributed by atoms with van der Waals surface area (Å²) in [6.07, 6.45) is 61.2. The number of aliphatic hydroxyl groups excluding tert-OH is 5. The molecule has 0 aromatic carbocycles. The molecule has 11 nitrogen and oxygen atoms in total. The Morgan fingerprint density at radius 2 is 0.924 bits per heavy atom. The van der Waals surface area contributed by atoms with Crippen LogP contribution < -0.4 is 5.32 Å². The third-order valence-electron chi connectivity index (χ3n) is 15.2. The van der Waals surface area contributed by atoms with Gasteiger partial charge in [0.25, 0.3) is 0 Å². The van der Waals surface area contributed by atoms with E-state index in [1.165, 1.54) is 173 Å². The molecule has 11 heteroatoms. The lowest BCUT2D eigenvalue weighted by Crippen LogP contribution is -2.61. The Balaban J connectivity index is 2.53. The van der Waals surface area contributed by atoms with E-state index in [0.29, 0.717) is 12.8 Å². The highest BCUT2D eigenvalue weighted by Gasteiger charge is 2.47. The molecule has 6 N–H and O–H groups in total. The standard InChI is InChI=1S/C68H121NO10/c1-4-7-10-13-16-19-22-24-25-26-27-28-29-30-31-32-33-34-35-36-37-38-41-44-47-50-53-56-63(73)79-66-65(75)64(74)62(57-70)78-68(66)77-58-59(60(71)54-51-48-45-42-39-21-18-15-12-9-6-3)69-67(76)61(72)55-52-49-46-43-40-23-20-17-14-11-8-5-2/h8,11,14,17,20,23-25,40,43,51,54,59-62,64-66,68,70-72,74-75H,4-7,9-10,12-13,15-16,18-19,21-22,26-39,41-42,44-50,52-53,55-58H2,1-3H3,(H,69,76)/b11-8+,17-14+,23-20-,25-24+,43-40-,54-51+. The van der Waals surface area contributed by atoms with Gasteiger partial charge in [0, 0.05) is 6.42 Å². The molecule has 0 aliphatic carbocycles. The second-order valence-electron chi connectivity index (χ2n) is 22.6. The summed E-state index contributed by atoms with van der Waals surface area (Å²) in [4.78, 5) is 26.5. The van der Waals surface area contributed by atoms with E-state index in [2.05, 4.69) is 44.3 Å². The molecule has 0 saturated carbocycles. The van der Waals surface area contributed by atoms with E-state index in [1.54, 1.807) is 6.08 Å². The predicted molar refractivity (Wildman–Crippen MR) is 329 cm³/mol. The largest absolute Gasteiger partial charge is 0.454 e. The van der Waals surface area contributed by atoms with E-state index in [0.717, 1.165) is 64.2 Å². The van der Waals surface area contributed by atoms with Crippen molar-refractivity contribution in [3.8, 4) is 0 Å². The summed E-state index contributed by atoms with van der Waals surface area (Å²) in [6, 6.07) is -1.05. The van der Waals surface area contributed by atoms with Crippen molar-refractivity contribution in [3.63, 3.8) is 0 Å². The number of amides is 1. The molecule has 1 fully saturated rings. The summed E-state index contributed by atoms with van der Waals surface area (Å²) in [7, 11) is 0. The fourth-order valence-corrected chi connectivity index (χ4v) is 10.0. The number of nitrogens with one attached hydrogen (secondary N) is 1. The highest BCUT2D eigenvalue weighted by atomic mass is 16.7. The Labute approximate surface area is 483 Å². The molecule has 1 rings (SSSR count). The highest BCUT2D eigenvalue weighted by molar-refractivity contribution is 5.80. The summed E-state index contributed by atoms with van der Waals surface area (Å²) >= 11 is 0. The van der Waals surface area contributed by atoms with E-state index in [-0.39, 0.29) is 19.4 Å². The molecule has 8 unspecified atom stereocenters. The topological polar surface area (TPSA) is 175 Å². The van der Waals surface area contributed by atoms with Crippen LogP contribution >= 0.6 is 0 Å². The fraction of sp³-hybridized carbons (Fsp3) is 0.794. The molecular formula is C68H121NO10. The molecule has 1 saturated heterocycles. The van der Waals surface area contributed by atoms with Crippen LogP contribution in [0.1, 0.15) is 284 Å². The number of esters is 1. The van der Waals surface area contributed by atoms with Crippen molar-refractivity contribution < 1.29 is 49.3 Å². The van der Waals surface area contributed by atoms with Crippen molar-refractivity contribution in [1.29, 1.82) is 0 Å². The first kappa shape index (κ1) is 74.1. The Bertz CT molecular complexity index is 1560. The van der Waals surface area contributed by atoms with Crippen LogP contribution in [-0.4, -0.2) is 99.6 Å². The average Bonchev–Trinajstić information content (AvgIpc) is 3.44. The predicted octanol–water partition coefficient (Wildman–Crippen LogP) is 16.0. The summed E-state index contributed by atoms with van der Waals surface area (Å²) < 4.78 is 17.6. The van der Waals surface area contributed by atoms with Crippen LogP contribution in [0.25, 0.3) is 0 Å². The van der Waals surface area contributed by atoms with Crippen LogP contribution in [0.4, 0.5) is 0 Å².